The van der Waals surface area contributed by atoms with Crippen LogP contribution in [0.3, 0.4) is 0 Å². The predicted octanol–water partition coefficient (Wildman–Crippen LogP) is 12.5. The van der Waals surface area contributed by atoms with Crippen molar-refractivity contribution < 1.29 is 0 Å². The van der Waals surface area contributed by atoms with E-state index in [1.807, 2.05) is 22.7 Å². The first kappa shape index (κ1) is 26.2. The van der Waals surface area contributed by atoms with Crippen molar-refractivity contribution in [1.82, 2.24) is 9.13 Å². The van der Waals surface area contributed by atoms with E-state index in [0.717, 1.165) is 33.4 Å². The first-order valence-corrected chi connectivity index (χ1v) is 17.6. The molecule has 0 atom stereocenters. The van der Waals surface area contributed by atoms with Gasteiger partial charge in [0.25, 0.3) is 0 Å². The summed E-state index contributed by atoms with van der Waals surface area (Å²) in [5.41, 5.74) is 6.83. The number of hydrogen-bond donors (Lipinski definition) is 0. The number of nitrogens with zero attached hydrogens (tertiary/aromatic N) is 3. The first-order valence-electron chi connectivity index (χ1n) is 16.0. The van der Waals surface area contributed by atoms with E-state index < -0.39 is 0 Å². The second kappa shape index (κ2) is 9.56. The molecule has 0 saturated heterocycles. The fraction of sp³-hybridized carbons (Fsp3) is 0. The summed E-state index contributed by atoms with van der Waals surface area (Å²) in [4.78, 5) is 0. The second-order valence-electron chi connectivity index (χ2n) is 12.4. The Morgan fingerprint density at radius 2 is 0.833 bits per heavy atom. The van der Waals surface area contributed by atoms with Gasteiger partial charge in [-0.3, -0.25) is 0 Å². The lowest BCUT2D eigenvalue weighted by atomic mass is 10.1. The fourth-order valence-corrected chi connectivity index (χ4v) is 10.5. The van der Waals surface area contributed by atoms with E-state index in [2.05, 4.69) is 155 Å². The van der Waals surface area contributed by atoms with Gasteiger partial charge in [-0.1, -0.05) is 91.0 Å². The van der Waals surface area contributed by atoms with E-state index in [-0.39, 0.29) is 0 Å². The van der Waals surface area contributed by atoms with Crippen molar-refractivity contribution in [1.29, 1.82) is 5.26 Å². The van der Waals surface area contributed by atoms with E-state index in [9.17, 15) is 5.26 Å². The Hall–Kier alpha value is -5.93. The Morgan fingerprint density at radius 3 is 1.31 bits per heavy atom. The van der Waals surface area contributed by atoms with E-state index in [1.165, 1.54) is 61.9 Å². The van der Waals surface area contributed by atoms with Crippen molar-refractivity contribution in [2.45, 2.75) is 0 Å². The molecule has 0 N–H and O–H groups in total. The summed E-state index contributed by atoms with van der Waals surface area (Å²) >= 11 is 3.70. The van der Waals surface area contributed by atoms with Crippen LogP contribution in [0.1, 0.15) is 5.56 Å². The summed E-state index contributed by atoms with van der Waals surface area (Å²) in [5.74, 6) is 0. The molecule has 0 fully saturated rings. The average molecular weight is 646 g/mol. The van der Waals surface area contributed by atoms with Crippen molar-refractivity contribution in [3.8, 4) is 17.4 Å². The van der Waals surface area contributed by atoms with Crippen LogP contribution in [-0.4, -0.2) is 9.13 Å². The maximum absolute atomic E-state index is 11.0. The summed E-state index contributed by atoms with van der Waals surface area (Å²) < 4.78 is 9.75. The van der Waals surface area contributed by atoms with Crippen molar-refractivity contribution >= 4 is 107 Å². The van der Waals surface area contributed by atoms with Gasteiger partial charge in [0.05, 0.1) is 33.4 Å². The van der Waals surface area contributed by atoms with Crippen LogP contribution in [0.25, 0.3) is 95.3 Å². The van der Waals surface area contributed by atoms with E-state index in [4.69, 9.17) is 0 Å². The second-order valence-corrected chi connectivity index (χ2v) is 14.5. The third-order valence-electron chi connectivity index (χ3n) is 9.97. The predicted molar refractivity (Wildman–Crippen MR) is 206 cm³/mol. The molecule has 0 radical (unpaired) electrons. The van der Waals surface area contributed by atoms with Gasteiger partial charge in [-0.2, -0.15) is 5.26 Å². The molecule has 0 saturated carbocycles. The highest BCUT2D eigenvalue weighted by molar-refractivity contribution is 7.27. The zero-order chi connectivity index (χ0) is 31.5. The summed E-state index contributed by atoms with van der Waals surface area (Å²) in [5, 5.41) is 21.0. The fourth-order valence-electron chi connectivity index (χ4n) is 8.00. The molecule has 4 heterocycles. The van der Waals surface area contributed by atoms with Crippen LogP contribution in [0, 0.1) is 11.3 Å². The molecular formula is C43H23N3S2. The molecule has 0 aliphatic rings. The van der Waals surface area contributed by atoms with Crippen molar-refractivity contribution in [3.05, 3.63) is 145 Å². The first-order chi connectivity index (χ1) is 23.8. The number of aromatic nitrogens is 2. The molecule has 3 nitrogen and oxygen atoms in total. The lowest BCUT2D eigenvalue weighted by Gasteiger charge is -2.15. The summed E-state index contributed by atoms with van der Waals surface area (Å²) in [6.07, 6.45) is 0. The minimum Gasteiger partial charge on any atom is -0.308 e. The van der Waals surface area contributed by atoms with Gasteiger partial charge < -0.3 is 9.13 Å². The monoisotopic (exact) mass is 645 g/mol. The van der Waals surface area contributed by atoms with Crippen LogP contribution >= 0.6 is 22.7 Å². The normalized spacial score (nSPS) is 12.1. The molecule has 48 heavy (non-hydrogen) atoms. The molecular weight excluding hydrogens is 623 g/mol. The van der Waals surface area contributed by atoms with Gasteiger partial charge in [0.2, 0.25) is 0 Å². The van der Waals surface area contributed by atoms with Crippen molar-refractivity contribution in [2.75, 3.05) is 0 Å². The van der Waals surface area contributed by atoms with Gasteiger partial charge >= 0.3 is 0 Å². The van der Waals surface area contributed by atoms with Gasteiger partial charge in [0, 0.05) is 61.9 Å². The number of benzene rings is 7. The van der Waals surface area contributed by atoms with Gasteiger partial charge in [0.1, 0.15) is 11.6 Å². The average Bonchev–Trinajstić information content (AvgIpc) is 3.88. The Morgan fingerprint density at radius 1 is 0.396 bits per heavy atom. The zero-order valence-corrected chi connectivity index (χ0v) is 27.1. The van der Waals surface area contributed by atoms with E-state index >= 15 is 0 Å². The maximum atomic E-state index is 11.0. The van der Waals surface area contributed by atoms with E-state index in [0.29, 0.717) is 5.56 Å². The molecule has 11 rings (SSSR count). The number of fused-ring (bicyclic) bond motifs is 14. The van der Waals surface area contributed by atoms with Crippen LogP contribution in [0.15, 0.2) is 140 Å². The lowest BCUT2D eigenvalue weighted by molar-refractivity contribution is 1.12. The number of nitriles is 1. The molecule has 0 unspecified atom stereocenters. The lowest BCUT2D eigenvalue weighted by Crippen LogP contribution is -2.03. The molecule has 0 spiro atoms. The summed E-state index contributed by atoms with van der Waals surface area (Å²) in [7, 11) is 0. The molecule has 222 valence electrons. The SMILES string of the molecule is N#Cc1c(-n2c3ccccc3c3c4sc5ccccc5c4ccc32)cccc1-n1c2ccccc2c2c3sc4ccccc4c3ccc21. The highest BCUT2D eigenvalue weighted by atomic mass is 32.1. The van der Waals surface area contributed by atoms with E-state index in [1.54, 1.807) is 0 Å². The molecule has 5 heteroatoms. The Bertz CT molecular complexity index is 2990. The molecule has 0 amide bonds. The standard InChI is InChI=1S/C43H23N3S2/c44-24-31-34(45-32-14-5-1-12-29(32)40-36(45)22-20-27-25-10-3-7-18-38(25)47-42(27)40)16-9-17-35(31)46-33-15-6-2-13-30(33)41-37(46)23-21-28-26-11-4-8-19-39(26)48-43(28)41/h1-23H. The van der Waals surface area contributed by atoms with Crippen LogP contribution in [0.4, 0.5) is 0 Å². The minimum atomic E-state index is 0.649. The zero-order valence-electron chi connectivity index (χ0n) is 25.4. The largest absolute Gasteiger partial charge is 0.308 e. The highest BCUT2D eigenvalue weighted by Crippen LogP contribution is 2.46. The van der Waals surface area contributed by atoms with Crippen LogP contribution in [0.5, 0.6) is 0 Å². The van der Waals surface area contributed by atoms with Gasteiger partial charge in [0.15, 0.2) is 0 Å². The minimum absolute atomic E-state index is 0.649. The van der Waals surface area contributed by atoms with Crippen molar-refractivity contribution in [3.63, 3.8) is 0 Å². The summed E-state index contributed by atoms with van der Waals surface area (Å²) in [6, 6.07) is 52.5. The van der Waals surface area contributed by atoms with Crippen molar-refractivity contribution in [2.24, 2.45) is 0 Å². The quantitative estimate of drug-likeness (QED) is 0.184. The third-order valence-corrected chi connectivity index (χ3v) is 12.4. The topological polar surface area (TPSA) is 33.6 Å². The Balaban J connectivity index is 1.25. The smallest absolute Gasteiger partial charge is 0.104 e. The number of para-hydroxylation sites is 2. The summed E-state index contributed by atoms with van der Waals surface area (Å²) in [6.45, 7) is 0. The number of rotatable bonds is 2. The molecule has 0 bridgehead atoms. The number of hydrogen-bond acceptors (Lipinski definition) is 3. The van der Waals surface area contributed by atoms with Crippen LogP contribution < -0.4 is 0 Å². The van der Waals surface area contributed by atoms with Crippen LogP contribution in [0.2, 0.25) is 0 Å². The molecule has 11 aromatic rings. The third kappa shape index (κ3) is 3.30. The molecule has 0 aliphatic heterocycles. The Kier molecular flexibility index (Phi) is 5.21. The highest BCUT2D eigenvalue weighted by Gasteiger charge is 2.23. The molecule has 4 aromatic heterocycles. The Labute approximate surface area is 282 Å². The van der Waals surface area contributed by atoms with Crippen LogP contribution in [-0.2, 0) is 0 Å². The number of thiophene rings is 2. The van der Waals surface area contributed by atoms with Gasteiger partial charge in [-0.25, -0.2) is 0 Å². The molecule has 0 aliphatic carbocycles. The van der Waals surface area contributed by atoms with Gasteiger partial charge in [-0.15, -0.1) is 22.7 Å². The molecule has 7 aromatic carbocycles. The maximum Gasteiger partial charge on any atom is 0.104 e. The van der Waals surface area contributed by atoms with Gasteiger partial charge in [-0.05, 0) is 48.5 Å².